The fraction of sp³-hybridized carbons (Fsp3) is 0.529. The monoisotopic (exact) mass is 334 g/mol. The molecule has 2 fully saturated rings. The van der Waals surface area contributed by atoms with Gasteiger partial charge in [0, 0.05) is 25.6 Å². The van der Waals surface area contributed by atoms with Gasteiger partial charge in [-0.25, -0.2) is 8.78 Å². The topological polar surface area (TPSA) is 54.2 Å². The highest BCUT2D eigenvalue weighted by Gasteiger charge is 2.34. The van der Waals surface area contributed by atoms with Gasteiger partial charge in [-0.15, -0.1) is 10.2 Å². The number of halogens is 2. The van der Waals surface area contributed by atoms with Gasteiger partial charge < -0.3 is 9.67 Å². The lowest BCUT2D eigenvalue weighted by Gasteiger charge is -2.24. The highest BCUT2D eigenvalue weighted by molar-refractivity contribution is 5.23. The molecule has 1 saturated carbocycles. The second-order valence-corrected chi connectivity index (χ2v) is 6.82. The van der Waals surface area contributed by atoms with Crippen LogP contribution in [0.2, 0.25) is 0 Å². The summed E-state index contributed by atoms with van der Waals surface area (Å²) in [6.45, 7) is 1.01. The van der Waals surface area contributed by atoms with E-state index in [1.54, 1.807) is 6.07 Å². The van der Waals surface area contributed by atoms with E-state index in [1.165, 1.54) is 6.07 Å². The highest BCUT2D eigenvalue weighted by atomic mass is 19.2. The number of β-amino-alcohol motifs (C(OH)–C–C–N with tert-alkyl or cyclic N) is 1. The Hall–Kier alpha value is -1.86. The second-order valence-electron chi connectivity index (χ2n) is 6.82. The minimum atomic E-state index is -0.858. The standard InChI is InChI=1S/C17H20F2N4O/c1-22-16(20-21-17(22)10-2-3-10)9-23-8-12(24)7-15(23)11-4-5-13(18)14(19)6-11/h4-6,10,12,15,24H,2-3,7-9H2,1H3/t12-,15-/m0/s1. The molecule has 128 valence electrons. The quantitative estimate of drug-likeness (QED) is 0.932. The average Bonchev–Trinajstić information content (AvgIpc) is 3.23. The molecule has 1 N–H and O–H groups in total. The van der Waals surface area contributed by atoms with E-state index in [2.05, 4.69) is 15.1 Å². The molecular weight excluding hydrogens is 314 g/mol. The van der Waals surface area contributed by atoms with Crippen LogP contribution in [0.3, 0.4) is 0 Å². The summed E-state index contributed by atoms with van der Waals surface area (Å²) in [6.07, 6.45) is 2.33. The summed E-state index contributed by atoms with van der Waals surface area (Å²) >= 11 is 0. The van der Waals surface area contributed by atoms with Gasteiger partial charge >= 0.3 is 0 Å². The van der Waals surface area contributed by atoms with Gasteiger partial charge in [-0.1, -0.05) is 6.07 Å². The molecule has 1 aliphatic carbocycles. The maximum Gasteiger partial charge on any atom is 0.159 e. The van der Waals surface area contributed by atoms with Crippen LogP contribution in [0.25, 0.3) is 0 Å². The second kappa shape index (κ2) is 5.89. The molecule has 1 saturated heterocycles. The van der Waals surface area contributed by atoms with Gasteiger partial charge in [0.1, 0.15) is 11.6 Å². The zero-order valence-corrected chi connectivity index (χ0v) is 13.5. The number of aliphatic hydroxyl groups is 1. The van der Waals surface area contributed by atoms with Crippen LogP contribution in [-0.4, -0.2) is 37.4 Å². The molecule has 1 aromatic heterocycles. The van der Waals surface area contributed by atoms with Crippen molar-refractivity contribution in [2.24, 2.45) is 7.05 Å². The predicted octanol–water partition coefficient (Wildman–Crippen LogP) is 2.28. The first-order chi connectivity index (χ1) is 11.5. The first kappa shape index (κ1) is 15.7. The van der Waals surface area contributed by atoms with Crippen LogP contribution in [0.5, 0.6) is 0 Å². The van der Waals surface area contributed by atoms with E-state index in [-0.39, 0.29) is 6.04 Å². The molecule has 0 radical (unpaired) electrons. The fourth-order valence-electron chi connectivity index (χ4n) is 3.51. The van der Waals surface area contributed by atoms with E-state index in [4.69, 9.17) is 0 Å². The molecule has 2 aromatic rings. The number of benzene rings is 1. The van der Waals surface area contributed by atoms with Gasteiger partial charge in [0.25, 0.3) is 0 Å². The Labute approximate surface area is 138 Å². The van der Waals surface area contributed by atoms with E-state index >= 15 is 0 Å². The van der Waals surface area contributed by atoms with E-state index in [1.807, 2.05) is 11.6 Å². The number of aromatic nitrogens is 3. The van der Waals surface area contributed by atoms with Crippen molar-refractivity contribution in [3.63, 3.8) is 0 Å². The molecule has 0 bridgehead atoms. The lowest BCUT2D eigenvalue weighted by atomic mass is 10.0. The third-order valence-corrected chi connectivity index (χ3v) is 5.00. The van der Waals surface area contributed by atoms with Crippen LogP contribution in [0.4, 0.5) is 8.78 Å². The summed E-state index contributed by atoms with van der Waals surface area (Å²) in [4.78, 5) is 2.05. The first-order valence-electron chi connectivity index (χ1n) is 8.28. The predicted molar refractivity (Wildman–Crippen MR) is 83.1 cm³/mol. The van der Waals surface area contributed by atoms with Crippen LogP contribution in [0.1, 0.15) is 48.4 Å². The van der Waals surface area contributed by atoms with E-state index in [0.29, 0.717) is 31.0 Å². The van der Waals surface area contributed by atoms with Crippen molar-refractivity contribution in [1.29, 1.82) is 0 Å². The molecule has 7 heteroatoms. The molecular formula is C17H20F2N4O. The number of nitrogens with zero attached hydrogens (tertiary/aromatic N) is 4. The lowest BCUT2D eigenvalue weighted by Crippen LogP contribution is -2.26. The van der Waals surface area contributed by atoms with Gasteiger partial charge in [-0.3, -0.25) is 4.90 Å². The summed E-state index contributed by atoms with van der Waals surface area (Å²) in [5.41, 5.74) is 0.676. The Bertz CT molecular complexity index is 759. The molecule has 2 aliphatic rings. The largest absolute Gasteiger partial charge is 0.392 e. The van der Waals surface area contributed by atoms with Crippen molar-refractivity contribution >= 4 is 0 Å². The SMILES string of the molecule is Cn1c(CN2C[C@@H](O)C[C@H]2c2ccc(F)c(F)c2)nnc1C1CC1. The molecule has 0 unspecified atom stereocenters. The Morgan fingerprint density at radius 3 is 2.71 bits per heavy atom. The summed E-state index contributed by atoms with van der Waals surface area (Å²) in [6, 6.07) is 3.79. The molecule has 5 nitrogen and oxygen atoms in total. The van der Waals surface area contributed by atoms with Crippen molar-refractivity contribution in [1.82, 2.24) is 19.7 Å². The Morgan fingerprint density at radius 1 is 1.21 bits per heavy atom. The van der Waals surface area contributed by atoms with Crippen molar-refractivity contribution in [2.75, 3.05) is 6.54 Å². The molecule has 2 heterocycles. The minimum Gasteiger partial charge on any atom is -0.392 e. The Balaban J connectivity index is 1.57. The smallest absolute Gasteiger partial charge is 0.159 e. The van der Waals surface area contributed by atoms with Crippen LogP contribution in [-0.2, 0) is 13.6 Å². The van der Waals surface area contributed by atoms with E-state index in [9.17, 15) is 13.9 Å². The van der Waals surface area contributed by atoms with Crippen LogP contribution in [0, 0.1) is 11.6 Å². The summed E-state index contributed by atoms with van der Waals surface area (Å²) < 4.78 is 28.8. The number of rotatable bonds is 4. The molecule has 1 aromatic carbocycles. The maximum absolute atomic E-state index is 13.6. The number of hydrogen-bond acceptors (Lipinski definition) is 4. The van der Waals surface area contributed by atoms with Crippen molar-refractivity contribution < 1.29 is 13.9 Å². The van der Waals surface area contributed by atoms with Crippen molar-refractivity contribution in [2.45, 2.75) is 43.9 Å². The fourth-order valence-corrected chi connectivity index (χ4v) is 3.51. The number of aliphatic hydroxyl groups excluding tert-OH is 1. The molecule has 0 amide bonds. The first-order valence-corrected chi connectivity index (χ1v) is 8.28. The Kier molecular flexibility index (Phi) is 3.85. The molecule has 4 rings (SSSR count). The van der Waals surface area contributed by atoms with Crippen molar-refractivity contribution in [3.05, 3.63) is 47.0 Å². The van der Waals surface area contributed by atoms with Gasteiger partial charge in [0.05, 0.1) is 12.6 Å². The zero-order valence-electron chi connectivity index (χ0n) is 13.5. The summed E-state index contributed by atoms with van der Waals surface area (Å²) in [5, 5.41) is 18.6. The molecule has 1 aliphatic heterocycles. The molecule has 0 spiro atoms. The molecule has 2 atom stereocenters. The van der Waals surface area contributed by atoms with Gasteiger partial charge in [-0.2, -0.15) is 0 Å². The van der Waals surface area contributed by atoms with E-state index < -0.39 is 17.7 Å². The number of likely N-dealkylation sites (tertiary alicyclic amines) is 1. The minimum absolute atomic E-state index is 0.156. The van der Waals surface area contributed by atoms with Crippen molar-refractivity contribution in [3.8, 4) is 0 Å². The van der Waals surface area contributed by atoms with Crippen LogP contribution < -0.4 is 0 Å². The van der Waals surface area contributed by atoms with Crippen LogP contribution in [0.15, 0.2) is 18.2 Å². The molecule has 24 heavy (non-hydrogen) atoms. The Morgan fingerprint density at radius 2 is 2.00 bits per heavy atom. The zero-order chi connectivity index (χ0) is 16.8. The van der Waals surface area contributed by atoms with Gasteiger partial charge in [-0.05, 0) is 37.0 Å². The lowest BCUT2D eigenvalue weighted by molar-refractivity contribution is 0.170. The highest BCUT2D eigenvalue weighted by Crippen LogP contribution is 2.39. The summed E-state index contributed by atoms with van der Waals surface area (Å²) in [5.74, 6) is 0.643. The van der Waals surface area contributed by atoms with Gasteiger partial charge in [0.15, 0.2) is 11.6 Å². The maximum atomic E-state index is 13.6. The summed E-state index contributed by atoms with van der Waals surface area (Å²) in [7, 11) is 1.96. The average molecular weight is 334 g/mol. The number of hydrogen-bond donors (Lipinski definition) is 1. The van der Waals surface area contributed by atoms with Gasteiger partial charge in [0.2, 0.25) is 0 Å². The van der Waals surface area contributed by atoms with Crippen LogP contribution >= 0.6 is 0 Å². The third-order valence-electron chi connectivity index (χ3n) is 5.00. The normalized spacial score (nSPS) is 24.7. The third kappa shape index (κ3) is 2.82. The van der Waals surface area contributed by atoms with E-state index in [0.717, 1.165) is 30.6 Å².